The van der Waals surface area contributed by atoms with E-state index in [2.05, 4.69) is 51.7 Å². The van der Waals surface area contributed by atoms with E-state index >= 15 is 0 Å². The van der Waals surface area contributed by atoms with Crippen molar-refractivity contribution in [3.05, 3.63) is 16.6 Å². The fourth-order valence-electron chi connectivity index (χ4n) is 1.60. The van der Waals surface area contributed by atoms with E-state index in [0.29, 0.717) is 5.65 Å². The minimum absolute atomic E-state index is 0.00358. The minimum atomic E-state index is 0.00358. The van der Waals surface area contributed by atoms with Crippen LogP contribution in [0.3, 0.4) is 0 Å². The normalized spacial score (nSPS) is 12.3. The van der Waals surface area contributed by atoms with Gasteiger partial charge < -0.3 is 4.57 Å². The first kappa shape index (κ1) is 10.5. The Labute approximate surface area is 96.9 Å². The van der Waals surface area contributed by atoms with Crippen molar-refractivity contribution in [1.82, 2.24) is 19.5 Å². The van der Waals surface area contributed by atoms with Crippen molar-refractivity contribution < 1.29 is 0 Å². The van der Waals surface area contributed by atoms with E-state index in [1.165, 1.54) is 0 Å². The van der Waals surface area contributed by atoms with Crippen molar-refractivity contribution >= 4 is 27.2 Å². The number of imidazole rings is 1. The molecule has 0 bridgehead atoms. The van der Waals surface area contributed by atoms with Gasteiger partial charge in [-0.05, 0) is 15.9 Å². The van der Waals surface area contributed by atoms with Crippen LogP contribution in [-0.2, 0) is 12.5 Å². The summed E-state index contributed by atoms with van der Waals surface area (Å²) < 4.78 is 2.73. The average molecular weight is 269 g/mol. The second kappa shape index (κ2) is 3.27. The van der Waals surface area contributed by atoms with Crippen molar-refractivity contribution in [2.24, 2.45) is 7.05 Å². The molecule has 0 amide bonds. The van der Waals surface area contributed by atoms with Crippen molar-refractivity contribution in [2.45, 2.75) is 26.2 Å². The lowest BCUT2D eigenvalue weighted by Gasteiger charge is -2.17. The van der Waals surface area contributed by atoms with Gasteiger partial charge in [0.1, 0.15) is 10.4 Å². The van der Waals surface area contributed by atoms with Gasteiger partial charge in [0.25, 0.3) is 0 Å². The maximum Gasteiger partial charge on any atom is 0.197 e. The first-order valence-electron chi connectivity index (χ1n) is 4.75. The summed E-state index contributed by atoms with van der Waals surface area (Å²) in [6, 6.07) is 0. The third-order valence-electron chi connectivity index (χ3n) is 2.22. The third kappa shape index (κ3) is 1.76. The number of fused-ring (bicyclic) bond motifs is 1. The summed E-state index contributed by atoms with van der Waals surface area (Å²) >= 11 is 3.31. The van der Waals surface area contributed by atoms with Crippen LogP contribution in [0.1, 0.15) is 26.6 Å². The maximum absolute atomic E-state index is 4.49. The van der Waals surface area contributed by atoms with E-state index < -0.39 is 0 Å². The molecule has 0 saturated heterocycles. The molecule has 80 valence electrons. The maximum atomic E-state index is 4.49. The molecule has 0 unspecified atom stereocenters. The van der Waals surface area contributed by atoms with E-state index in [1.54, 1.807) is 6.20 Å². The van der Waals surface area contributed by atoms with Crippen molar-refractivity contribution in [2.75, 3.05) is 0 Å². The van der Waals surface area contributed by atoms with Crippen LogP contribution >= 0.6 is 15.9 Å². The Morgan fingerprint density at radius 2 is 1.93 bits per heavy atom. The first-order chi connectivity index (χ1) is 6.89. The highest BCUT2D eigenvalue weighted by atomic mass is 79.9. The standard InChI is InChI=1S/C10H13BrN4/c1-10(2,3)9-14-7-8(15(9)4)13-6(11)5-12-7/h5H,1-4H3. The molecule has 0 spiro atoms. The van der Waals surface area contributed by atoms with Gasteiger partial charge in [-0.2, -0.15) is 0 Å². The zero-order valence-electron chi connectivity index (χ0n) is 9.24. The molecule has 15 heavy (non-hydrogen) atoms. The highest BCUT2D eigenvalue weighted by molar-refractivity contribution is 9.10. The molecular weight excluding hydrogens is 256 g/mol. The van der Waals surface area contributed by atoms with E-state index in [-0.39, 0.29) is 5.41 Å². The second-order valence-corrected chi connectivity index (χ2v) is 5.40. The SMILES string of the molecule is Cn1c(C(C)(C)C)nc2ncc(Br)nc21. The molecule has 2 rings (SSSR count). The Balaban J connectivity index is 2.76. The number of nitrogens with zero attached hydrogens (tertiary/aromatic N) is 4. The molecule has 0 saturated carbocycles. The summed E-state index contributed by atoms with van der Waals surface area (Å²) in [5, 5.41) is 0. The fourth-order valence-corrected chi connectivity index (χ4v) is 1.87. The van der Waals surface area contributed by atoms with Crippen LogP contribution in [0.25, 0.3) is 11.3 Å². The molecule has 0 N–H and O–H groups in total. The molecule has 0 radical (unpaired) electrons. The van der Waals surface area contributed by atoms with Crippen LogP contribution < -0.4 is 0 Å². The van der Waals surface area contributed by atoms with Gasteiger partial charge in [-0.25, -0.2) is 15.0 Å². The second-order valence-electron chi connectivity index (χ2n) is 4.58. The molecule has 0 aromatic carbocycles. The molecule has 0 aliphatic carbocycles. The van der Waals surface area contributed by atoms with Crippen molar-refractivity contribution in [1.29, 1.82) is 0 Å². The Kier molecular flexibility index (Phi) is 2.30. The highest BCUT2D eigenvalue weighted by Gasteiger charge is 2.22. The van der Waals surface area contributed by atoms with E-state index in [0.717, 1.165) is 16.1 Å². The Morgan fingerprint density at radius 3 is 2.53 bits per heavy atom. The largest absolute Gasteiger partial charge is 0.314 e. The lowest BCUT2D eigenvalue weighted by molar-refractivity contribution is 0.526. The molecule has 2 heterocycles. The number of halogens is 1. The average Bonchev–Trinajstić information content (AvgIpc) is 2.43. The van der Waals surface area contributed by atoms with Gasteiger partial charge in [0.05, 0.1) is 6.20 Å². The monoisotopic (exact) mass is 268 g/mol. The predicted molar refractivity (Wildman–Crippen MR) is 62.7 cm³/mol. The lowest BCUT2D eigenvalue weighted by Crippen LogP contribution is -2.17. The van der Waals surface area contributed by atoms with Gasteiger partial charge in [0.15, 0.2) is 11.3 Å². The summed E-state index contributed by atoms with van der Waals surface area (Å²) in [6.07, 6.45) is 1.67. The van der Waals surface area contributed by atoms with E-state index in [4.69, 9.17) is 0 Å². The molecule has 0 aliphatic heterocycles. The van der Waals surface area contributed by atoms with Gasteiger partial charge in [-0.15, -0.1) is 0 Å². The summed E-state index contributed by atoms with van der Waals surface area (Å²) in [6.45, 7) is 6.38. The number of hydrogen-bond acceptors (Lipinski definition) is 3. The summed E-state index contributed by atoms with van der Waals surface area (Å²) in [7, 11) is 1.97. The molecule has 0 aliphatic rings. The van der Waals surface area contributed by atoms with E-state index in [9.17, 15) is 0 Å². The van der Waals surface area contributed by atoms with Gasteiger partial charge >= 0.3 is 0 Å². The molecule has 0 atom stereocenters. The Morgan fingerprint density at radius 1 is 1.27 bits per heavy atom. The van der Waals surface area contributed by atoms with Crippen molar-refractivity contribution in [3.8, 4) is 0 Å². The van der Waals surface area contributed by atoms with Gasteiger partial charge in [0, 0.05) is 12.5 Å². The first-order valence-corrected chi connectivity index (χ1v) is 5.54. The van der Waals surface area contributed by atoms with Gasteiger partial charge in [-0.3, -0.25) is 0 Å². The zero-order chi connectivity index (χ0) is 11.2. The third-order valence-corrected chi connectivity index (χ3v) is 2.61. The zero-order valence-corrected chi connectivity index (χ0v) is 10.8. The van der Waals surface area contributed by atoms with Crippen LogP contribution in [0.5, 0.6) is 0 Å². The number of aromatic nitrogens is 4. The molecule has 0 fully saturated rings. The topological polar surface area (TPSA) is 43.6 Å². The summed E-state index contributed by atoms with van der Waals surface area (Å²) in [5.74, 6) is 0.996. The number of aryl methyl sites for hydroxylation is 1. The summed E-state index contributed by atoms with van der Waals surface area (Å²) in [4.78, 5) is 13.1. The fraction of sp³-hybridized carbons (Fsp3) is 0.500. The van der Waals surface area contributed by atoms with Crippen LogP contribution in [0.4, 0.5) is 0 Å². The Bertz CT molecular complexity index is 510. The summed E-state index contributed by atoms with van der Waals surface area (Å²) in [5.41, 5.74) is 1.52. The smallest absolute Gasteiger partial charge is 0.197 e. The molecular formula is C10H13BrN4. The van der Waals surface area contributed by atoms with Crippen LogP contribution in [-0.4, -0.2) is 19.5 Å². The minimum Gasteiger partial charge on any atom is -0.314 e. The molecule has 2 aromatic rings. The van der Waals surface area contributed by atoms with Crippen LogP contribution in [0.15, 0.2) is 10.8 Å². The van der Waals surface area contributed by atoms with Crippen LogP contribution in [0, 0.1) is 0 Å². The van der Waals surface area contributed by atoms with Crippen LogP contribution in [0.2, 0.25) is 0 Å². The molecule has 4 nitrogen and oxygen atoms in total. The Hall–Kier alpha value is -0.970. The molecule has 2 aromatic heterocycles. The predicted octanol–water partition coefficient (Wildman–Crippen LogP) is 2.42. The molecule has 5 heteroatoms. The van der Waals surface area contributed by atoms with Crippen molar-refractivity contribution in [3.63, 3.8) is 0 Å². The number of rotatable bonds is 0. The van der Waals surface area contributed by atoms with E-state index in [1.807, 2.05) is 11.6 Å². The quantitative estimate of drug-likeness (QED) is 0.737. The lowest BCUT2D eigenvalue weighted by atomic mass is 9.96. The highest BCUT2D eigenvalue weighted by Crippen LogP contribution is 2.23. The van der Waals surface area contributed by atoms with Gasteiger partial charge in [-0.1, -0.05) is 20.8 Å². The van der Waals surface area contributed by atoms with Gasteiger partial charge in [0.2, 0.25) is 0 Å². The number of hydrogen-bond donors (Lipinski definition) is 0.